The van der Waals surface area contributed by atoms with E-state index in [0.29, 0.717) is 6.04 Å². The second-order valence-corrected chi connectivity index (χ2v) is 5.31. The summed E-state index contributed by atoms with van der Waals surface area (Å²) in [5.74, 6) is 0. The van der Waals surface area contributed by atoms with Gasteiger partial charge in [-0.2, -0.15) is 0 Å². The molecule has 1 aromatic rings. The first-order valence-electron chi connectivity index (χ1n) is 6.68. The molecular weight excluding hydrogens is 208 g/mol. The zero-order chi connectivity index (χ0) is 12.4. The lowest BCUT2D eigenvalue weighted by atomic mass is 10.0. The summed E-state index contributed by atoms with van der Waals surface area (Å²) in [7, 11) is 0. The van der Waals surface area contributed by atoms with Crippen molar-refractivity contribution in [2.45, 2.75) is 46.1 Å². The third-order valence-electron chi connectivity index (χ3n) is 3.80. The maximum Gasteiger partial charge on any atom is 0.0428 e. The number of benzene rings is 1. The second-order valence-electron chi connectivity index (χ2n) is 5.31. The van der Waals surface area contributed by atoms with Gasteiger partial charge in [0.25, 0.3) is 0 Å². The first-order chi connectivity index (χ1) is 8.13. The van der Waals surface area contributed by atoms with Crippen LogP contribution in [-0.4, -0.2) is 19.1 Å². The van der Waals surface area contributed by atoms with E-state index < -0.39 is 0 Å². The van der Waals surface area contributed by atoms with Crippen molar-refractivity contribution >= 4 is 5.69 Å². The Morgan fingerprint density at radius 3 is 2.47 bits per heavy atom. The minimum absolute atomic E-state index is 0.653. The van der Waals surface area contributed by atoms with Crippen LogP contribution in [0.1, 0.15) is 36.0 Å². The minimum atomic E-state index is 0.653. The third kappa shape index (κ3) is 2.47. The Kier molecular flexibility index (Phi) is 3.72. The van der Waals surface area contributed by atoms with Crippen molar-refractivity contribution in [2.24, 2.45) is 5.73 Å². The number of nitrogens with two attached hydrogens (primary N) is 1. The zero-order valence-electron chi connectivity index (χ0n) is 11.3. The number of hydrogen-bond donors (Lipinski definition) is 1. The van der Waals surface area contributed by atoms with Gasteiger partial charge in [0.05, 0.1) is 0 Å². The van der Waals surface area contributed by atoms with Crippen molar-refractivity contribution in [2.75, 3.05) is 18.0 Å². The Hall–Kier alpha value is -1.02. The van der Waals surface area contributed by atoms with Gasteiger partial charge in [-0.25, -0.2) is 0 Å². The summed E-state index contributed by atoms with van der Waals surface area (Å²) in [5.41, 5.74) is 11.3. The second kappa shape index (κ2) is 5.09. The average Bonchev–Trinajstić information content (AvgIpc) is 2.65. The number of aryl methyl sites for hydroxylation is 3. The highest BCUT2D eigenvalue weighted by atomic mass is 15.2. The van der Waals surface area contributed by atoms with E-state index in [1.807, 2.05) is 0 Å². The van der Waals surface area contributed by atoms with Crippen LogP contribution in [0.5, 0.6) is 0 Å². The third-order valence-corrected chi connectivity index (χ3v) is 3.80. The minimum Gasteiger partial charge on any atom is -0.368 e. The van der Waals surface area contributed by atoms with Crippen LogP contribution >= 0.6 is 0 Å². The maximum absolute atomic E-state index is 5.72. The van der Waals surface area contributed by atoms with Crippen molar-refractivity contribution in [1.29, 1.82) is 0 Å². The van der Waals surface area contributed by atoms with Gasteiger partial charge in [0.15, 0.2) is 0 Å². The maximum atomic E-state index is 5.72. The number of rotatable bonds is 3. The van der Waals surface area contributed by atoms with Gasteiger partial charge in [-0.1, -0.05) is 17.7 Å². The van der Waals surface area contributed by atoms with Crippen LogP contribution in [0.2, 0.25) is 0 Å². The molecule has 94 valence electrons. The molecule has 2 rings (SSSR count). The molecule has 2 nitrogen and oxygen atoms in total. The Bertz CT molecular complexity index is 375. The highest BCUT2D eigenvalue weighted by molar-refractivity contribution is 5.61. The highest BCUT2D eigenvalue weighted by Crippen LogP contribution is 2.33. The van der Waals surface area contributed by atoms with Crippen molar-refractivity contribution in [3.05, 3.63) is 28.8 Å². The summed E-state index contributed by atoms with van der Waals surface area (Å²) in [4.78, 5) is 2.58. The van der Waals surface area contributed by atoms with E-state index in [-0.39, 0.29) is 0 Å². The summed E-state index contributed by atoms with van der Waals surface area (Å²) >= 11 is 0. The summed E-state index contributed by atoms with van der Waals surface area (Å²) in [6.07, 6.45) is 3.72. The van der Waals surface area contributed by atoms with Crippen molar-refractivity contribution < 1.29 is 0 Å². The molecule has 1 atom stereocenters. The van der Waals surface area contributed by atoms with Gasteiger partial charge in [-0.3, -0.25) is 0 Å². The average molecular weight is 232 g/mol. The predicted molar refractivity (Wildman–Crippen MR) is 74.7 cm³/mol. The van der Waals surface area contributed by atoms with E-state index in [1.165, 1.54) is 41.8 Å². The molecule has 1 aliphatic rings. The first-order valence-corrected chi connectivity index (χ1v) is 6.68. The van der Waals surface area contributed by atoms with Gasteiger partial charge < -0.3 is 10.6 Å². The van der Waals surface area contributed by atoms with Crippen LogP contribution < -0.4 is 10.6 Å². The predicted octanol–water partition coefficient (Wildman–Crippen LogP) is 2.93. The summed E-state index contributed by atoms with van der Waals surface area (Å²) in [6, 6.07) is 5.24. The summed E-state index contributed by atoms with van der Waals surface area (Å²) in [6.45, 7) is 8.62. The van der Waals surface area contributed by atoms with Crippen LogP contribution in [0.3, 0.4) is 0 Å². The normalized spacial score (nSPS) is 20.0. The standard InChI is InChI=1S/C15H24N2/c1-11-9-12(2)15(13(3)10-11)17-8-4-5-14(17)6-7-16/h9-10,14H,4-8,16H2,1-3H3. The fraction of sp³-hybridized carbons (Fsp3) is 0.600. The van der Waals surface area contributed by atoms with Crippen molar-refractivity contribution in [3.8, 4) is 0 Å². The van der Waals surface area contributed by atoms with E-state index in [4.69, 9.17) is 5.73 Å². The van der Waals surface area contributed by atoms with Gasteiger partial charge in [0, 0.05) is 18.3 Å². The van der Waals surface area contributed by atoms with Crippen molar-refractivity contribution in [1.82, 2.24) is 0 Å². The largest absolute Gasteiger partial charge is 0.368 e. The van der Waals surface area contributed by atoms with Gasteiger partial charge in [-0.05, 0) is 57.7 Å². The fourth-order valence-corrected chi connectivity index (χ4v) is 3.25. The topological polar surface area (TPSA) is 29.3 Å². The van der Waals surface area contributed by atoms with E-state index in [0.717, 1.165) is 13.0 Å². The molecule has 0 radical (unpaired) electrons. The van der Waals surface area contributed by atoms with Crippen LogP contribution in [0.4, 0.5) is 5.69 Å². The van der Waals surface area contributed by atoms with Gasteiger partial charge >= 0.3 is 0 Å². The van der Waals surface area contributed by atoms with E-state index in [9.17, 15) is 0 Å². The lowest BCUT2D eigenvalue weighted by Gasteiger charge is -2.30. The van der Waals surface area contributed by atoms with Gasteiger partial charge in [0.2, 0.25) is 0 Å². The highest BCUT2D eigenvalue weighted by Gasteiger charge is 2.26. The van der Waals surface area contributed by atoms with E-state index >= 15 is 0 Å². The lowest BCUT2D eigenvalue weighted by molar-refractivity contribution is 0.617. The first kappa shape index (κ1) is 12.4. The SMILES string of the molecule is Cc1cc(C)c(N2CCCC2CCN)c(C)c1. The van der Waals surface area contributed by atoms with Gasteiger partial charge in [-0.15, -0.1) is 0 Å². The monoisotopic (exact) mass is 232 g/mol. The molecule has 2 heteroatoms. The summed E-state index contributed by atoms with van der Waals surface area (Å²) < 4.78 is 0. The molecule has 1 heterocycles. The molecule has 0 bridgehead atoms. The molecule has 0 amide bonds. The van der Waals surface area contributed by atoms with Crippen LogP contribution in [0.15, 0.2) is 12.1 Å². The Morgan fingerprint density at radius 2 is 1.88 bits per heavy atom. The van der Waals surface area contributed by atoms with Gasteiger partial charge in [0.1, 0.15) is 0 Å². The zero-order valence-corrected chi connectivity index (χ0v) is 11.3. The molecule has 1 fully saturated rings. The number of anilines is 1. The van der Waals surface area contributed by atoms with Crippen molar-refractivity contribution in [3.63, 3.8) is 0 Å². The van der Waals surface area contributed by atoms with E-state index in [2.05, 4.69) is 37.8 Å². The van der Waals surface area contributed by atoms with Crippen LogP contribution in [0, 0.1) is 20.8 Å². The molecule has 0 aliphatic carbocycles. The number of nitrogens with zero attached hydrogens (tertiary/aromatic N) is 1. The molecule has 2 N–H and O–H groups in total. The van der Waals surface area contributed by atoms with E-state index in [1.54, 1.807) is 0 Å². The molecule has 1 aromatic carbocycles. The Morgan fingerprint density at radius 1 is 1.24 bits per heavy atom. The molecule has 17 heavy (non-hydrogen) atoms. The Labute approximate surface area is 105 Å². The molecule has 0 spiro atoms. The molecule has 1 saturated heterocycles. The molecule has 0 saturated carbocycles. The molecule has 1 aliphatic heterocycles. The lowest BCUT2D eigenvalue weighted by Crippen LogP contribution is -2.32. The molecular formula is C15H24N2. The molecule has 1 unspecified atom stereocenters. The smallest absolute Gasteiger partial charge is 0.0428 e. The molecule has 0 aromatic heterocycles. The number of hydrogen-bond acceptors (Lipinski definition) is 2. The Balaban J connectivity index is 2.33. The fourth-order valence-electron chi connectivity index (χ4n) is 3.25. The van der Waals surface area contributed by atoms with Crippen LogP contribution in [0.25, 0.3) is 0 Å². The summed E-state index contributed by atoms with van der Waals surface area (Å²) in [5, 5.41) is 0. The van der Waals surface area contributed by atoms with Crippen LogP contribution in [-0.2, 0) is 0 Å². The quantitative estimate of drug-likeness (QED) is 0.868.